The summed E-state index contributed by atoms with van der Waals surface area (Å²) in [6, 6.07) is 17.4. The van der Waals surface area contributed by atoms with Crippen LogP contribution in [0.4, 0.5) is 30.8 Å². The summed E-state index contributed by atoms with van der Waals surface area (Å²) in [6.45, 7) is 4.03. The molecule has 12 heteroatoms. The van der Waals surface area contributed by atoms with E-state index >= 15 is 8.78 Å². The summed E-state index contributed by atoms with van der Waals surface area (Å²) in [7, 11) is 3.27. The standard InChI is InChI=1S/C33H30F2N6O4/c1-19-4-13-27(45-19)21-7-10-23-26(18-21)37-30(39-31(23)41-14-16-44-17-15-41)24-11-12-25(29(35)28(24)34)38-33(43)36-22-8-5-20(6-9-22)32(42)40(2)3/h4-13,18H,14-17H2,1-3H3,(H2,36,38,43). The van der Waals surface area contributed by atoms with Gasteiger partial charge >= 0.3 is 6.03 Å². The SMILES string of the molecule is Cc1ccc(-c2ccc3c(N4CCOCC4)nc(-c4ccc(NC(=O)Nc5ccc(C(=O)N(C)C)cc5)c(F)c4F)nc3c2)o1. The zero-order valence-electron chi connectivity index (χ0n) is 24.9. The van der Waals surface area contributed by atoms with Crippen LogP contribution in [0, 0.1) is 18.6 Å². The minimum Gasteiger partial charge on any atom is -0.461 e. The van der Waals surface area contributed by atoms with Gasteiger partial charge in [0.25, 0.3) is 5.91 Å². The number of halogens is 2. The third-order valence-corrected chi connectivity index (χ3v) is 7.38. The van der Waals surface area contributed by atoms with Crippen molar-refractivity contribution >= 4 is 40.0 Å². The van der Waals surface area contributed by atoms with E-state index in [1.807, 2.05) is 42.2 Å². The first-order valence-electron chi connectivity index (χ1n) is 14.3. The number of hydrogen-bond donors (Lipinski definition) is 2. The Labute approximate surface area is 257 Å². The summed E-state index contributed by atoms with van der Waals surface area (Å²) < 4.78 is 42.3. The zero-order valence-corrected chi connectivity index (χ0v) is 24.9. The minimum atomic E-state index is -1.26. The number of carbonyl (C=O) groups excluding carboxylic acids is 2. The molecule has 230 valence electrons. The monoisotopic (exact) mass is 612 g/mol. The van der Waals surface area contributed by atoms with Crippen LogP contribution in [0.1, 0.15) is 16.1 Å². The van der Waals surface area contributed by atoms with Gasteiger partial charge in [-0.15, -0.1) is 0 Å². The fourth-order valence-corrected chi connectivity index (χ4v) is 5.05. The topological polar surface area (TPSA) is 113 Å². The first-order chi connectivity index (χ1) is 21.7. The quantitative estimate of drug-likeness (QED) is 0.231. The van der Waals surface area contributed by atoms with Crippen molar-refractivity contribution in [3.05, 3.63) is 89.7 Å². The molecule has 1 aliphatic heterocycles. The van der Waals surface area contributed by atoms with Crippen LogP contribution in [0.5, 0.6) is 0 Å². The van der Waals surface area contributed by atoms with E-state index in [1.54, 1.807) is 26.2 Å². The van der Waals surface area contributed by atoms with E-state index in [0.29, 0.717) is 54.6 Å². The number of fused-ring (bicyclic) bond motifs is 1. The highest BCUT2D eigenvalue weighted by atomic mass is 19.2. The third-order valence-electron chi connectivity index (χ3n) is 7.38. The molecule has 0 radical (unpaired) electrons. The smallest absolute Gasteiger partial charge is 0.323 e. The summed E-state index contributed by atoms with van der Waals surface area (Å²) in [5.74, 6) is -0.653. The van der Waals surface area contributed by atoms with Crippen LogP contribution in [0.15, 0.2) is 71.1 Å². The number of morpholine rings is 1. The van der Waals surface area contributed by atoms with Crippen LogP contribution in [0.2, 0.25) is 0 Å². The van der Waals surface area contributed by atoms with Crippen LogP contribution in [-0.2, 0) is 4.74 Å². The first kappa shape index (κ1) is 29.7. The molecular formula is C33H30F2N6O4. The molecule has 0 unspecified atom stereocenters. The molecule has 2 aromatic heterocycles. The average molecular weight is 613 g/mol. The molecule has 0 aliphatic carbocycles. The lowest BCUT2D eigenvalue weighted by Crippen LogP contribution is -2.37. The van der Waals surface area contributed by atoms with Gasteiger partial charge in [-0.3, -0.25) is 4.79 Å². The average Bonchev–Trinajstić information content (AvgIpc) is 3.49. The molecule has 1 saturated heterocycles. The van der Waals surface area contributed by atoms with Crippen molar-refractivity contribution in [2.75, 3.05) is 55.9 Å². The Kier molecular flexibility index (Phi) is 8.14. The Morgan fingerprint density at radius 3 is 2.33 bits per heavy atom. The molecule has 1 fully saturated rings. The molecular weight excluding hydrogens is 582 g/mol. The Morgan fingerprint density at radius 1 is 0.889 bits per heavy atom. The number of hydrogen-bond acceptors (Lipinski definition) is 7. The lowest BCUT2D eigenvalue weighted by Gasteiger charge is -2.29. The first-order valence-corrected chi connectivity index (χ1v) is 14.3. The van der Waals surface area contributed by atoms with Crippen molar-refractivity contribution in [2.45, 2.75) is 6.92 Å². The molecule has 0 saturated carbocycles. The van der Waals surface area contributed by atoms with Gasteiger partial charge in [0.2, 0.25) is 0 Å². The second kappa shape index (κ2) is 12.3. The van der Waals surface area contributed by atoms with Gasteiger partial charge in [0.05, 0.1) is 30.0 Å². The highest BCUT2D eigenvalue weighted by Crippen LogP contribution is 2.34. The van der Waals surface area contributed by atoms with Crippen LogP contribution in [0.3, 0.4) is 0 Å². The zero-order chi connectivity index (χ0) is 31.7. The Hall–Kier alpha value is -5.36. The predicted octanol–water partition coefficient (Wildman–Crippen LogP) is 6.33. The minimum absolute atomic E-state index is 0.00321. The van der Waals surface area contributed by atoms with Gasteiger partial charge in [-0.2, -0.15) is 0 Å². The molecule has 0 spiro atoms. The summed E-state index contributed by atoms with van der Waals surface area (Å²) >= 11 is 0. The lowest BCUT2D eigenvalue weighted by molar-refractivity contribution is 0.0827. The number of aryl methyl sites for hydroxylation is 1. The Morgan fingerprint density at radius 2 is 1.64 bits per heavy atom. The van der Waals surface area contributed by atoms with E-state index in [4.69, 9.17) is 9.15 Å². The maximum Gasteiger partial charge on any atom is 0.323 e. The molecule has 3 amide bonds. The number of anilines is 3. The third kappa shape index (κ3) is 6.18. The summed E-state index contributed by atoms with van der Waals surface area (Å²) in [5, 5.41) is 5.64. The van der Waals surface area contributed by atoms with Crippen molar-refractivity contribution in [3.63, 3.8) is 0 Å². The highest BCUT2D eigenvalue weighted by Gasteiger charge is 2.23. The maximum absolute atomic E-state index is 15.6. The number of nitrogens with one attached hydrogen (secondary N) is 2. The lowest BCUT2D eigenvalue weighted by atomic mass is 10.1. The second-order valence-corrected chi connectivity index (χ2v) is 10.8. The van der Waals surface area contributed by atoms with E-state index in [2.05, 4.69) is 20.6 Å². The molecule has 2 N–H and O–H groups in total. The number of urea groups is 1. The molecule has 5 aromatic rings. The number of rotatable bonds is 6. The molecule has 45 heavy (non-hydrogen) atoms. The van der Waals surface area contributed by atoms with Crippen LogP contribution in [0.25, 0.3) is 33.6 Å². The summed E-state index contributed by atoms with van der Waals surface area (Å²) in [6.07, 6.45) is 0. The van der Waals surface area contributed by atoms with Gasteiger partial charge in [-0.1, -0.05) is 6.07 Å². The highest BCUT2D eigenvalue weighted by molar-refractivity contribution is 6.01. The predicted molar refractivity (Wildman–Crippen MR) is 167 cm³/mol. The normalized spacial score (nSPS) is 13.1. The van der Waals surface area contributed by atoms with Gasteiger partial charge in [0.15, 0.2) is 17.5 Å². The molecule has 1 aliphatic rings. The van der Waals surface area contributed by atoms with Crippen LogP contribution in [-0.4, -0.2) is 67.2 Å². The van der Waals surface area contributed by atoms with E-state index in [9.17, 15) is 9.59 Å². The van der Waals surface area contributed by atoms with E-state index in [0.717, 1.165) is 16.7 Å². The van der Waals surface area contributed by atoms with Gasteiger partial charge in [-0.05, 0) is 67.6 Å². The Bertz CT molecular complexity index is 1900. The fraction of sp³-hybridized carbons (Fsp3) is 0.212. The van der Waals surface area contributed by atoms with Crippen LogP contribution < -0.4 is 15.5 Å². The van der Waals surface area contributed by atoms with Crippen molar-refractivity contribution < 1.29 is 27.5 Å². The van der Waals surface area contributed by atoms with E-state index in [1.165, 1.54) is 29.2 Å². The van der Waals surface area contributed by atoms with Crippen molar-refractivity contribution in [2.24, 2.45) is 0 Å². The van der Waals surface area contributed by atoms with Gasteiger partial charge in [-0.25, -0.2) is 23.5 Å². The van der Waals surface area contributed by atoms with Gasteiger partial charge in [0.1, 0.15) is 17.3 Å². The van der Waals surface area contributed by atoms with Gasteiger partial charge in [0, 0.05) is 49.4 Å². The van der Waals surface area contributed by atoms with Crippen molar-refractivity contribution in [1.29, 1.82) is 0 Å². The van der Waals surface area contributed by atoms with E-state index in [-0.39, 0.29) is 23.0 Å². The Balaban J connectivity index is 1.30. The fourth-order valence-electron chi connectivity index (χ4n) is 5.05. The van der Waals surface area contributed by atoms with Gasteiger partial charge < -0.3 is 29.6 Å². The largest absolute Gasteiger partial charge is 0.461 e. The van der Waals surface area contributed by atoms with E-state index < -0.39 is 17.7 Å². The molecule has 6 rings (SSSR count). The molecule has 0 atom stereocenters. The van der Waals surface area contributed by atoms with Crippen molar-refractivity contribution in [1.82, 2.24) is 14.9 Å². The summed E-state index contributed by atoms with van der Waals surface area (Å²) in [5.41, 5.74) is 1.60. The number of nitrogens with zero attached hydrogens (tertiary/aromatic N) is 4. The summed E-state index contributed by atoms with van der Waals surface area (Å²) in [4.78, 5) is 37.5. The second-order valence-electron chi connectivity index (χ2n) is 10.8. The number of amides is 3. The number of aromatic nitrogens is 2. The molecule has 0 bridgehead atoms. The number of ether oxygens (including phenoxy) is 1. The number of benzene rings is 3. The number of carbonyl (C=O) groups is 2. The molecule has 3 heterocycles. The molecule has 10 nitrogen and oxygen atoms in total. The molecule has 3 aromatic carbocycles. The van der Waals surface area contributed by atoms with Crippen LogP contribution >= 0.6 is 0 Å². The maximum atomic E-state index is 15.6. The number of furan rings is 1. The van der Waals surface area contributed by atoms with Crippen molar-refractivity contribution in [3.8, 4) is 22.7 Å².